The Bertz CT molecular complexity index is 647. The van der Waals surface area contributed by atoms with Crippen molar-refractivity contribution >= 4 is 28.7 Å². The largest absolute Gasteiger partial charge is 0.332 e. The van der Waals surface area contributed by atoms with Gasteiger partial charge in [-0.3, -0.25) is 0 Å². The third kappa shape index (κ3) is 3.36. The average Bonchev–Trinajstić information content (AvgIpc) is 2.39. The maximum absolute atomic E-state index is 5.37. The molecule has 0 unspecified atom stereocenters. The summed E-state index contributed by atoms with van der Waals surface area (Å²) < 4.78 is 0. The van der Waals surface area contributed by atoms with Gasteiger partial charge in [0.05, 0.1) is 0 Å². The summed E-state index contributed by atoms with van der Waals surface area (Å²) in [5.41, 5.74) is 7.07. The number of anilines is 2. The Balaban J connectivity index is 2.09. The van der Waals surface area contributed by atoms with Crippen LogP contribution in [0.3, 0.4) is 0 Å². The Labute approximate surface area is 126 Å². The second-order valence-electron chi connectivity index (χ2n) is 5.13. The predicted molar refractivity (Wildman–Crippen MR) is 91.7 cm³/mol. The number of nitrogens with one attached hydrogen (secondary N) is 2. The van der Waals surface area contributed by atoms with Gasteiger partial charge in [0.15, 0.2) is 5.11 Å². The lowest BCUT2D eigenvalue weighted by atomic mass is 10.1. The lowest BCUT2D eigenvalue weighted by Crippen LogP contribution is -2.19. The molecule has 0 atom stereocenters. The van der Waals surface area contributed by atoms with Crippen LogP contribution < -0.4 is 10.6 Å². The Morgan fingerprint density at radius 2 is 1.60 bits per heavy atom. The molecule has 0 bridgehead atoms. The SMILES string of the molecule is Cc1ccc(NC(=S)Nc2cccc(C)c2C)cc1C. The van der Waals surface area contributed by atoms with E-state index in [0.29, 0.717) is 5.11 Å². The van der Waals surface area contributed by atoms with Crippen molar-refractivity contribution in [3.8, 4) is 0 Å². The minimum absolute atomic E-state index is 0.613. The maximum Gasteiger partial charge on any atom is 0.175 e. The molecule has 0 saturated carbocycles. The van der Waals surface area contributed by atoms with Crippen molar-refractivity contribution in [1.82, 2.24) is 0 Å². The molecule has 0 aliphatic heterocycles. The van der Waals surface area contributed by atoms with E-state index in [-0.39, 0.29) is 0 Å². The normalized spacial score (nSPS) is 10.2. The monoisotopic (exact) mass is 284 g/mol. The molecular weight excluding hydrogens is 264 g/mol. The molecule has 0 amide bonds. The lowest BCUT2D eigenvalue weighted by molar-refractivity contribution is 1.33. The Morgan fingerprint density at radius 3 is 2.30 bits per heavy atom. The third-order valence-corrected chi connectivity index (χ3v) is 3.82. The van der Waals surface area contributed by atoms with Crippen LogP contribution in [0.15, 0.2) is 36.4 Å². The van der Waals surface area contributed by atoms with Crippen LogP contribution in [0.5, 0.6) is 0 Å². The first-order valence-electron chi connectivity index (χ1n) is 6.69. The summed E-state index contributed by atoms with van der Waals surface area (Å²) in [6, 6.07) is 12.4. The summed E-state index contributed by atoms with van der Waals surface area (Å²) in [5.74, 6) is 0. The molecule has 0 aliphatic rings. The van der Waals surface area contributed by atoms with E-state index in [1.54, 1.807) is 0 Å². The van der Waals surface area contributed by atoms with Gasteiger partial charge in [0.1, 0.15) is 0 Å². The summed E-state index contributed by atoms with van der Waals surface area (Å²) in [6.07, 6.45) is 0. The molecule has 20 heavy (non-hydrogen) atoms. The topological polar surface area (TPSA) is 24.1 Å². The highest BCUT2D eigenvalue weighted by molar-refractivity contribution is 7.80. The molecule has 2 N–H and O–H groups in total. The molecule has 2 aromatic carbocycles. The lowest BCUT2D eigenvalue weighted by Gasteiger charge is -2.14. The highest BCUT2D eigenvalue weighted by Crippen LogP contribution is 2.19. The molecule has 0 radical (unpaired) electrons. The molecule has 0 saturated heterocycles. The third-order valence-electron chi connectivity index (χ3n) is 3.62. The van der Waals surface area contributed by atoms with Crippen LogP contribution in [0, 0.1) is 27.7 Å². The van der Waals surface area contributed by atoms with Crippen LogP contribution in [-0.4, -0.2) is 5.11 Å². The van der Waals surface area contributed by atoms with E-state index >= 15 is 0 Å². The zero-order valence-electron chi connectivity index (χ0n) is 12.4. The van der Waals surface area contributed by atoms with Crippen LogP contribution in [0.1, 0.15) is 22.3 Å². The van der Waals surface area contributed by atoms with Crippen molar-refractivity contribution in [1.29, 1.82) is 0 Å². The summed E-state index contributed by atoms with van der Waals surface area (Å²) in [5, 5.41) is 7.09. The number of hydrogen-bond acceptors (Lipinski definition) is 1. The van der Waals surface area contributed by atoms with Gasteiger partial charge in [0.25, 0.3) is 0 Å². The zero-order chi connectivity index (χ0) is 14.7. The van der Waals surface area contributed by atoms with Crippen LogP contribution in [0.2, 0.25) is 0 Å². The molecule has 2 nitrogen and oxygen atoms in total. The van der Waals surface area contributed by atoms with E-state index in [9.17, 15) is 0 Å². The van der Waals surface area contributed by atoms with E-state index in [4.69, 9.17) is 12.2 Å². The van der Waals surface area contributed by atoms with Crippen molar-refractivity contribution in [3.63, 3.8) is 0 Å². The highest BCUT2D eigenvalue weighted by atomic mass is 32.1. The van der Waals surface area contributed by atoms with E-state index in [1.165, 1.54) is 22.3 Å². The number of rotatable bonds is 2. The van der Waals surface area contributed by atoms with Gasteiger partial charge in [-0.25, -0.2) is 0 Å². The van der Waals surface area contributed by atoms with Gasteiger partial charge in [-0.15, -0.1) is 0 Å². The van der Waals surface area contributed by atoms with Gasteiger partial charge >= 0.3 is 0 Å². The fraction of sp³-hybridized carbons (Fsp3) is 0.235. The molecule has 0 aliphatic carbocycles. The average molecular weight is 284 g/mol. The molecule has 2 rings (SSSR count). The standard InChI is InChI=1S/C17H20N2S/c1-11-8-9-15(10-13(11)3)18-17(20)19-16-7-5-6-12(2)14(16)4/h5-10H,1-4H3,(H2,18,19,20). The van der Waals surface area contributed by atoms with Crippen molar-refractivity contribution in [2.24, 2.45) is 0 Å². The molecular formula is C17H20N2S. The number of thiocarbonyl (C=S) groups is 1. The number of aryl methyl sites for hydroxylation is 3. The second-order valence-corrected chi connectivity index (χ2v) is 5.53. The van der Waals surface area contributed by atoms with Gasteiger partial charge in [-0.1, -0.05) is 18.2 Å². The summed E-state index contributed by atoms with van der Waals surface area (Å²) in [6.45, 7) is 8.39. The first kappa shape index (κ1) is 14.5. The predicted octanol–water partition coefficient (Wildman–Crippen LogP) is 4.73. The molecule has 3 heteroatoms. The van der Waals surface area contributed by atoms with Crippen molar-refractivity contribution in [3.05, 3.63) is 58.7 Å². The van der Waals surface area contributed by atoms with Crippen LogP contribution >= 0.6 is 12.2 Å². The van der Waals surface area contributed by atoms with Crippen LogP contribution in [0.25, 0.3) is 0 Å². The number of hydrogen-bond donors (Lipinski definition) is 2. The molecule has 0 heterocycles. The summed E-state index contributed by atoms with van der Waals surface area (Å²) in [4.78, 5) is 0. The minimum Gasteiger partial charge on any atom is -0.332 e. The first-order chi connectivity index (χ1) is 9.47. The fourth-order valence-corrected chi connectivity index (χ4v) is 2.22. The van der Waals surface area contributed by atoms with E-state index in [1.807, 2.05) is 18.2 Å². The zero-order valence-corrected chi connectivity index (χ0v) is 13.2. The quantitative estimate of drug-likeness (QED) is 0.780. The van der Waals surface area contributed by atoms with Gasteiger partial charge < -0.3 is 10.6 Å². The van der Waals surface area contributed by atoms with Crippen molar-refractivity contribution in [2.45, 2.75) is 27.7 Å². The second kappa shape index (κ2) is 6.06. The van der Waals surface area contributed by atoms with Gasteiger partial charge in [0, 0.05) is 11.4 Å². The molecule has 0 spiro atoms. The Kier molecular flexibility index (Phi) is 4.40. The Hall–Kier alpha value is -1.87. The van der Waals surface area contributed by atoms with Crippen molar-refractivity contribution in [2.75, 3.05) is 10.6 Å². The van der Waals surface area contributed by atoms with E-state index in [2.05, 4.69) is 56.5 Å². The van der Waals surface area contributed by atoms with Gasteiger partial charge in [-0.05, 0) is 80.4 Å². The van der Waals surface area contributed by atoms with Crippen LogP contribution in [-0.2, 0) is 0 Å². The van der Waals surface area contributed by atoms with E-state index < -0.39 is 0 Å². The molecule has 0 fully saturated rings. The summed E-state index contributed by atoms with van der Waals surface area (Å²) in [7, 11) is 0. The summed E-state index contributed by atoms with van der Waals surface area (Å²) >= 11 is 5.37. The number of benzene rings is 2. The molecule has 2 aromatic rings. The van der Waals surface area contributed by atoms with Gasteiger partial charge in [-0.2, -0.15) is 0 Å². The van der Waals surface area contributed by atoms with Crippen molar-refractivity contribution < 1.29 is 0 Å². The highest BCUT2D eigenvalue weighted by Gasteiger charge is 2.04. The molecule has 0 aromatic heterocycles. The maximum atomic E-state index is 5.37. The van der Waals surface area contributed by atoms with Crippen LogP contribution in [0.4, 0.5) is 11.4 Å². The minimum atomic E-state index is 0.613. The first-order valence-corrected chi connectivity index (χ1v) is 7.09. The Morgan fingerprint density at radius 1 is 0.850 bits per heavy atom. The smallest absolute Gasteiger partial charge is 0.175 e. The van der Waals surface area contributed by atoms with E-state index in [0.717, 1.165) is 11.4 Å². The molecule has 104 valence electrons. The van der Waals surface area contributed by atoms with Gasteiger partial charge in [0.2, 0.25) is 0 Å². The fourth-order valence-electron chi connectivity index (χ4n) is 1.99.